The maximum atomic E-state index is 12.9. The molecule has 0 bridgehead atoms. The zero-order valence-electron chi connectivity index (χ0n) is 15.4. The van der Waals surface area contributed by atoms with Crippen LogP contribution < -0.4 is 14.8 Å². The Balaban J connectivity index is 1.89. The molecular weight excluding hydrogens is 371 g/mol. The molecule has 0 aromatic heterocycles. The van der Waals surface area contributed by atoms with Crippen LogP contribution in [0.3, 0.4) is 0 Å². The van der Waals surface area contributed by atoms with Crippen molar-refractivity contribution in [2.75, 3.05) is 6.61 Å². The fourth-order valence-corrected chi connectivity index (χ4v) is 3.61. The lowest BCUT2D eigenvalue weighted by atomic mass is 10.1. The van der Waals surface area contributed by atoms with E-state index in [1.165, 1.54) is 36.4 Å². The molecule has 1 atom stereocenters. The molecule has 0 spiro atoms. The largest absolute Gasteiger partial charge is 0.484 e. The van der Waals surface area contributed by atoms with E-state index in [0.717, 1.165) is 5.56 Å². The lowest BCUT2D eigenvalue weighted by Gasteiger charge is -2.15. The first-order chi connectivity index (χ1) is 12.7. The Kier molecular flexibility index (Phi) is 6.92. The predicted molar refractivity (Wildman–Crippen MR) is 100 cm³/mol. The molecule has 2 aromatic carbocycles. The van der Waals surface area contributed by atoms with E-state index in [2.05, 4.69) is 10.0 Å². The predicted octanol–water partition coefficient (Wildman–Crippen LogP) is 2.77. The first kappa shape index (κ1) is 20.9. The molecule has 27 heavy (non-hydrogen) atoms. The molecule has 0 saturated heterocycles. The second-order valence-corrected chi connectivity index (χ2v) is 8.09. The number of halogens is 1. The number of sulfonamides is 1. The number of carbonyl (C=O) groups excluding carboxylic acids is 1. The van der Waals surface area contributed by atoms with Crippen molar-refractivity contribution >= 4 is 15.9 Å². The van der Waals surface area contributed by atoms with E-state index in [1.807, 2.05) is 0 Å². The quantitative estimate of drug-likeness (QED) is 0.721. The van der Waals surface area contributed by atoms with Crippen LogP contribution in [0.15, 0.2) is 53.4 Å². The molecule has 1 amide bonds. The van der Waals surface area contributed by atoms with E-state index in [9.17, 15) is 17.6 Å². The molecule has 0 heterocycles. The minimum absolute atomic E-state index is 0.123. The van der Waals surface area contributed by atoms with Gasteiger partial charge in [0.15, 0.2) is 6.61 Å². The van der Waals surface area contributed by atoms with Gasteiger partial charge in [0.25, 0.3) is 5.91 Å². The van der Waals surface area contributed by atoms with Crippen LogP contribution in [0.1, 0.15) is 32.4 Å². The zero-order chi connectivity index (χ0) is 20.0. The Bertz CT molecular complexity index is 866. The third-order valence-corrected chi connectivity index (χ3v) is 5.32. The SMILES string of the molecule is CC(C)NS(=O)(=O)c1ccc(OCC(=O)N[C@@H](C)c2ccc(F)cc2)cc1. The molecule has 0 radical (unpaired) electrons. The van der Waals surface area contributed by atoms with Crippen LogP contribution in [0.5, 0.6) is 5.75 Å². The van der Waals surface area contributed by atoms with Crippen molar-refractivity contribution < 1.29 is 22.3 Å². The second-order valence-electron chi connectivity index (χ2n) is 6.38. The van der Waals surface area contributed by atoms with E-state index in [0.29, 0.717) is 5.75 Å². The van der Waals surface area contributed by atoms with Crippen LogP contribution >= 0.6 is 0 Å². The smallest absolute Gasteiger partial charge is 0.258 e. The third-order valence-electron chi connectivity index (χ3n) is 3.64. The summed E-state index contributed by atoms with van der Waals surface area (Å²) in [5.41, 5.74) is 0.775. The van der Waals surface area contributed by atoms with E-state index >= 15 is 0 Å². The van der Waals surface area contributed by atoms with Gasteiger partial charge in [-0.05, 0) is 62.7 Å². The van der Waals surface area contributed by atoms with E-state index in [-0.39, 0.29) is 35.3 Å². The molecule has 0 aliphatic carbocycles. The Morgan fingerprint density at radius 3 is 2.19 bits per heavy atom. The minimum Gasteiger partial charge on any atom is -0.484 e. The molecule has 0 fully saturated rings. The van der Waals surface area contributed by atoms with Gasteiger partial charge in [0.05, 0.1) is 10.9 Å². The second kappa shape index (κ2) is 8.96. The van der Waals surface area contributed by atoms with E-state index in [4.69, 9.17) is 4.74 Å². The van der Waals surface area contributed by atoms with Crippen molar-refractivity contribution in [3.63, 3.8) is 0 Å². The first-order valence-electron chi connectivity index (χ1n) is 8.47. The molecule has 0 saturated carbocycles. The van der Waals surface area contributed by atoms with Crippen LogP contribution in [-0.2, 0) is 14.8 Å². The lowest BCUT2D eigenvalue weighted by molar-refractivity contribution is -0.123. The summed E-state index contributed by atoms with van der Waals surface area (Å²) in [6.07, 6.45) is 0. The summed E-state index contributed by atoms with van der Waals surface area (Å²) >= 11 is 0. The summed E-state index contributed by atoms with van der Waals surface area (Å²) in [4.78, 5) is 12.1. The van der Waals surface area contributed by atoms with Gasteiger partial charge < -0.3 is 10.1 Å². The molecule has 2 N–H and O–H groups in total. The molecule has 0 aliphatic rings. The standard InChI is InChI=1S/C19H23FN2O4S/c1-13(2)22-27(24,25)18-10-8-17(9-11-18)26-12-19(23)21-14(3)15-4-6-16(20)7-5-15/h4-11,13-14,22H,12H2,1-3H3,(H,21,23)/t14-/m0/s1. The summed E-state index contributed by atoms with van der Waals surface area (Å²) < 4.78 is 44.9. The Hall–Kier alpha value is -2.45. The molecule has 8 heteroatoms. The molecule has 0 aliphatic heterocycles. The van der Waals surface area contributed by atoms with Crippen LogP contribution in [0.25, 0.3) is 0 Å². The Labute approximate surface area is 158 Å². The van der Waals surface area contributed by atoms with Gasteiger partial charge in [-0.25, -0.2) is 17.5 Å². The molecule has 2 rings (SSSR count). The number of carbonyl (C=O) groups is 1. The van der Waals surface area contributed by atoms with Gasteiger partial charge in [0.2, 0.25) is 10.0 Å². The van der Waals surface area contributed by atoms with Crippen LogP contribution in [0.2, 0.25) is 0 Å². The Morgan fingerprint density at radius 1 is 1.04 bits per heavy atom. The third kappa shape index (κ3) is 6.33. The highest BCUT2D eigenvalue weighted by Gasteiger charge is 2.15. The van der Waals surface area contributed by atoms with Gasteiger partial charge in [0, 0.05) is 6.04 Å². The number of hydrogen-bond donors (Lipinski definition) is 2. The highest BCUT2D eigenvalue weighted by molar-refractivity contribution is 7.89. The Morgan fingerprint density at radius 2 is 1.63 bits per heavy atom. The first-order valence-corrected chi connectivity index (χ1v) is 9.96. The van der Waals surface area contributed by atoms with Crippen LogP contribution in [-0.4, -0.2) is 27.0 Å². The monoisotopic (exact) mass is 394 g/mol. The maximum absolute atomic E-state index is 12.9. The molecule has 2 aromatic rings. The number of amides is 1. The van der Waals surface area contributed by atoms with Gasteiger partial charge >= 0.3 is 0 Å². The van der Waals surface area contributed by atoms with Gasteiger partial charge in [-0.15, -0.1) is 0 Å². The number of benzene rings is 2. The summed E-state index contributed by atoms with van der Waals surface area (Å²) in [5, 5.41) is 2.75. The van der Waals surface area contributed by atoms with E-state index in [1.54, 1.807) is 32.9 Å². The molecule has 0 unspecified atom stereocenters. The van der Waals surface area contributed by atoms with Gasteiger partial charge in [-0.1, -0.05) is 12.1 Å². The van der Waals surface area contributed by atoms with Gasteiger partial charge in [0.1, 0.15) is 11.6 Å². The topological polar surface area (TPSA) is 84.5 Å². The minimum atomic E-state index is -3.57. The maximum Gasteiger partial charge on any atom is 0.258 e. The highest BCUT2D eigenvalue weighted by atomic mass is 32.2. The number of nitrogens with one attached hydrogen (secondary N) is 2. The van der Waals surface area contributed by atoms with Crippen molar-refractivity contribution in [3.8, 4) is 5.75 Å². The highest BCUT2D eigenvalue weighted by Crippen LogP contribution is 2.17. The summed E-state index contributed by atoms with van der Waals surface area (Å²) in [7, 11) is -3.57. The van der Waals surface area contributed by atoms with Crippen molar-refractivity contribution in [2.45, 2.75) is 37.8 Å². The van der Waals surface area contributed by atoms with Crippen molar-refractivity contribution in [2.24, 2.45) is 0 Å². The molecule has 146 valence electrons. The fraction of sp³-hybridized carbons (Fsp3) is 0.316. The van der Waals surface area contributed by atoms with Crippen LogP contribution in [0.4, 0.5) is 4.39 Å². The number of hydrogen-bond acceptors (Lipinski definition) is 4. The average Bonchev–Trinajstić information content (AvgIpc) is 2.60. The number of ether oxygens (including phenoxy) is 1. The van der Waals surface area contributed by atoms with Crippen molar-refractivity contribution in [1.82, 2.24) is 10.0 Å². The number of rotatable bonds is 8. The average molecular weight is 394 g/mol. The van der Waals surface area contributed by atoms with Crippen LogP contribution in [0, 0.1) is 5.82 Å². The zero-order valence-corrected chi connectivity index (χ0v) is 16.2. The normalized spacial score (nSPS) is 12.6. The van der Waals surface area contributed by atoms with E-state index < -0.39 is 10.0 Å². The van der Waals surface area contributed by atoms with Gasteiger partial charge in [-0.2, -0.15) is 0 Å². The summed E-state index contributed by atoms with van der Waals surface area (Å²) in [6.45, 7) is 5.04. The van der Waals surface area contributed by atoms with Gasteiger partial charge in [-0.3, -0.25) is 4.79 Å². The lowest BCUT2D eigenvalue weighted by Crippen LogP contribution is -2.31. The van der Waals surface area contributed by atoms with Crippen molar-refractivity contribution in [3.05, 3.63) is 59.9 Å². The fourth-order valence-electron chi connectivity index (χ4n) is 2.36. The molecular formula is C19H23FN2O4S. The molecule has 6 nitrogen and oxygen atoms in total. The van der Waals surface area contributed by atoms with Crippen molar-refractivity contribution in [1.29, 1.82) is 0 Å². The summed E-state index contributed by atoms with van der Waals surface area (Å²) in [5.74, 6) is -0.303. The summed E-state index contributed by atoms with van der Waals surface area (Å²) in [6, 6.07) is 11.2.